The largest absolute Gasteiger partial charge is 0.481 e. The second kappa shape index (κ2) is 3.41. The molecule has 1 N–H and O–H groups in total. The monoisotopic (exact) mass is 188 g/mol. The van der Waals surface area contributed by atoms with Gasteiger partial charge in [0.15, 0.2) is 5.65 Å². The standard InChI is InChI=1S/C10H8N2O2/c13-9(14)6-7-3-5-12-10-8(7)2-1-4-11-10/h1-5H,6H2,(H,13,14). The zero-order valence-electron chi connectivity index (χ0n) is 7.34. The Morgan fingerprint density at radius 1 is 1.29 bits per heavy atom. The highest BCUT2D eigenvalue weighted by Gasteiger charge is 2.05. The summed E-state index contributed by atoms with van der Waals surface area (Å²) in [6.45, 7) is 0. The Hall–Kier alpha value is -1.97. The second-order valence-electron chi connectivity index (χ2n) is 2.92. The molecule has 2 aromatic heterocycles. The first-order chi connectivity index (χ1) is 6.77. The molecule has 2 heterocycles. The van der Waals surface area contributed by atoms with E-state index < -0.39 is 5.97 Å². The van der Waals surface area contributed by atoms with Crippen LogP contribution >= 0.6 is 0 Å². The van der Waals surface area contributed by atoms with Gasteiger partial charge in [-0.3, -0.25) is 4.79 Å². The first-order valence-corrected chi connectivity index (χ1v) is 4.18. The number of nitrogens with zero attached hydrogens (tertiary/aromatic N) is 2. The first kappa shape index (κ1) is 8.62. The van der Waals surface area contributed by atoms with Gasteiger partial charge in [0, 0.05) is 17.8 Å². The molecule has 0 aliphatic rings. The highest BCUT2D eigenvalue weighted by molar-refractivity contribution is 5.83. The summed E-state index contributed by atoms with van der Waals surface area (Å²) in [5, 5.41) is 9.49. The number of rotatable bonds is 2. The summed E-state index contributed by atoms with van der Waals surface area (Å²) in [7, 11) is 0. The van der Waals surface area contributed by atoms with E-state index in [0.29, 0.717) is 5.65 Å². The van der Waals surface area contributed by atoms with Crippen molar-refractivity contribution >= 4 is 17.0 Å². The van der Waals surface area contributed by atoms with Gasteiger partial charge >= 0.3 is 5.97 Å². The molecule has 0 radical (unpaired) electrons. The number of aromatic nitrogens is 2. The van der Waals surface area contributed by atoms with E-state index in [1.807, 2.05) is 6.07 Å². The molecule has 0 fully saturated rings. The maximum Gasteiger partial charge on any atom is 0.307 e. The van der Waals surface area contributed by atoms with Crippen molar-refractivity contribution in [3.8, 4) is 0 Å². The Labute approximate surface area is 80.2 Å². The van der Waals surface area contributed by atoms with Crippen molar-refractivity contribution in [1.82, 2.24) is 9.97 Å². The third-order valence-electron chi connectivity index (χ3n) is 1.95. The van der Waals surface area contributed by atoms with E-state index in [9.17, 15) is 4.79 Å². The van der Waals surface area contributed by atoms with Crippen molar-refractivity contribution in [2.75, 3.05) is 0 Å². The maximum absolute atomic E-state index is 10.6. The Morgan fingerprint density at radius 3 is 2.86 bits per heavy atom. The molecule has 4 nitrogen and oxygen atoms in total. The van der Waals surface area contributed by atoms with Crippen LogP contribution in [0.5, 0.6) is 0 Å². The fourth-order valence-corrected chi connectivity index (χ4v) is 1.36. The average molecular weight is 188 g/mol. The van der Waals surface area contributed by atoms with E-state index in [0.717, 1.165) is 10.9 Å². The molecule has 0 spiro atoms. The lowest BCUT2D eigenvalue weighted by Crippen LogP contribution is -2.01. The summed E-state index contributed by atoms with van der Waals surface area (Å²) in [4.78, 5) is 18.7. The third kappa shape index (κ3) is 1.54. The summed E-state index contributed by atoms with van der Waals surface area (Å²) in [6, 6.07) is 5.31. The van der Waals surface area contributed by atoms with Crippen molar-refractivity contribution in [1.29, 1.82) is 0 Å². The lowest BCUT2D eigenvalue weighted by Gasteiger charge is -2.01. The molecule has 14 heavy (non-hydrogen) atoms. The predicted octanol–water partition coefficient (Wildman–Crippen LogP) is 1.26. The van der Waals surface area contributed by atoms with Crippen LogP contribution in [0.3, 0.4) is 0 Å². The van der Waals surface area contributed by atoms with Crippen LogP contribution in [0.1, 0.15) is 5.56 Å². The van der Waals surface area contributed by atoms with Crippen molar-refractivity contribution in [3.63, 3.8) is 0 Å². The summed E-state index contributed by atoms with van der Waals surface area (Å²) < 4.78 is 0. The van der Waals surface area contributed by atoms with Crippen molar-refractivity contribution < 1.29 is 9.90 Å². The van der Waals surface area contributed by atoms with Crippen molar-refractivity contribution in [2.24, 2.45) is 0 Å². The number of carboxylic acid groups (broad SMARTS) is 1. The Morgan fingerprint density at radius 2 is 2.07 bits per heavy atom. The molecule has 70 valence electrons. The van der Waals surface area contributed by atoms with Gasteiger partial charge in [0.2, 0.25) is 0 Å². The van der Waals surface area contributed by atoms with Crippen LogP contribution in [0.4, 0.5) is 0 Å². The third-order valence-corrected chi connectivity index (χ3v) is 1.95. The average Bonchev–Trinajstić information content (AvgIpc) is 2.18. The van der Waals surface area contributed by atoms with E-state index in [-0.39, 0.29) is 6.42 Å². The van der Waals surface area contributed by atoms with Crippen LogP contribution in [-0.4, -0.2) is 21.0 Å². The summed E-state index contributed by atoms with van der Waals surface area (Å²) in [5.41, 5.74) is 1.34. The molecule has 0 amide bonds. The number of aliphatic carboxylic acids is 1. The number of carboxylic acids is 1. The normalized spacial score (nSPS) is 10.3. The van der Waals surface area contributed by atoms with Crippen LogP contribution in [0.2, 0.25) is 0 Å². The van der Waals surface area contributed by atoms with E-state index >= 15 is 0 Å². The van der Waals surface area contributed by atoms with Gasteiger partial charge in [0.25, 0.3) is 0 Å². The van der Waals surface area contributed by atoms with Crippen LogP contribution in [-0.2, 0) is 11.2 Å². The van der Waals surface area contributed by atoms with E-state index in [1.165, 1.54) is 0 Å². The van der Waals surface area contributed by atoms with Gasteiger partial charge in [-0.1, -0.05) is 0 Å². The summed E-state index contributed by atoms with van der Waals surface area (Å²) in [5.74, 6) is -0.846. The molecule has 0 unspecified atom stereocenters. The molecular formula is C10H8N2O2. The van der Waals surface area contributed by atoms with Crippen molar-refractivity contribution in [3.05, 3.63) is 36.2 Å². The highest BCUT2D eigenvalue weighted by atomic mass is 16.4. The first-order valence-electron chi connectivity index (χ1n) is 4.18. The topological polar surface area (TPSA) is 63.1 Å². The SMILES string of the molecule is O=C(O)Cc1ccnc2ncccc12. The fraction of sp³-hybridized carbons (Fsp3) is 0.100. The van der Waals surface area contributed by atoms with Gasteiger partial charge < -0.3 is 5.11 Å². The highest BCUT2D eigenvalue weighted by Crippen LogP contribution is 2.14. The van der Waals surface area contributed by atoms with Crippen molar-refractivity contribution in [2.45, 2.75) is 6.42 Å². The molecule has 0 atom stereocenters. The van der Waals surface area contributed by atoms with E-state index in [4.69, 9.17) is 5.11 Å². The molecule has 2 rings (SSSR count). The van der Waals surface area contributed by atoms with Gasteiger partial charge in [-0.15, -0.1) is 0 Å². The lowest BCUT2D eigenvalue weighted by molar-refractivity contribution is -0.136. The number of hydrogen-bond donors (Lipinski definition) is 1. The minimum atomic E-state index is -0.846. The van der Waals surface area contributed by atoms with Crippen LogP contribution < -0.4 is 0 Å². The minimum Gasteiger partial charge on any atom is -0.481 e. The van der Waals surface area contributed by atoms with Gasteiger partial charge in [-0.25, -0.2) is 9.97 Å². The van der Waals surface area contributed by atoms with Crippen LogP contribution in [0, 0.1) is 0 Å². The molecule has 4 heteroatoms. The zero-order chi connectivity index (χ0) is 9.97. The molecule has 0 bridgehead atoms. The molecule has 0 saturated heterocycles. The predicted molar refractivity (Wildman–Crippen MR) is 50.9 cm³/mol. The number of carbonyl (C=O) groups is 1. The maximum atomic E-state index is 10.6. The molecule has 0 aliphatic heterocycles. The van der Waals surface area contributed by atoms with Crippen LogP contribution in [0.15, 0.2) is 30.6 Å². The molecule has 0 saturated carbocycles. The van der Waals surface area contributed by atoms with Gasteiger partial charge in [-0.2, -0.15) is 0 Å². The van der Waals surface area contributed by atoms with Gasteiger partial charge in [0.05, 0.1) is 6.42 Å². The smallest absolute Gasteiger partial charge is 0.307 e. The number of fused-ring (bicyclic) bond motifs is 1. The quantitative estimate of drug-likeness (QED) is 0.770. The number of pyridine rings is 2. The second-order valence-corrected chi connectivity index (χ2v) is 2.92. The number of hydrogen-bond acceptors (Lipinski definition) is 3. The van der Waals surface area contributed by atoms with E-state index in [2.05, 4.69) is 9.97 Å². The van der Waals surface area contributed by atoms with E-state index in [1.54, 1.807) is 24.5 Å². The molecule has 0 aliphatic carbocycles. The Balaban J connectivity index is 2.59. The molecule has 2 aromatic rings. The molecular weight excluding hydrogens is 180 g/mol. The molecule has 0 aromatic carbocycles. The van der Waals surface area contributed by atoms with Crippen LogP contribution in [0.25, 0.3) is 11.0 Å². The summed E-state index contributed by atoms with van der Waals surface area (Å²) >= 11 is 0. The Bertz CT molecular complexity index is 477. The van der Waals surface area contributed by atoms with Gasteiger partial charge in [0.1, 0.15) is 0 Å². The fourth-order valence-electron chi connectivity index (χ4n) is 1.36. The van der Waals surface area contributed by atoms with Gasteiger partial charge in [-0.05, 0) is 23.8 Å². The minimum absolute atomic E-state index is 0.00468. The lowest BCUT2D eigenvalue weighted by atomic mass is 10.1. The Kier molecular flexibility index (Phi) is 2.10. The summed E-state index contributed by atoms with van der Waals surface area (Å²) in [6.07, 6.45) is 3.22. The zero-order valence-corrected chi connectivity index (χ0v) is 7.34.